The molecule has 0 unspecified atom stereocenters. The van der Waals surface area contributed by atoms with E-state index in [1.165, 1.54) is 6.33 Å². The van der Waals surface area contributed by atoms with Crippen LogP contribution in [0.5, 0.6) is 0 Å². The van der Waals surface area contributed by atoms with Crippen molar-refractivity contribution in [1.82, 2.24) is 9.97 Å². The summed E-state index contributed by atoms with van der Waals surface area (Å²) in [5.74, 6) is 0.759. The second-order valence-electron chi connectivity index (χ2n) is 3.48. The predicted octanol–water partition coefficient (Wildman–Crippen LogP) is 4.20. The van der Waals surface area contributed by atoms with E-state index < -0.39 is 0 Å². The first-order valence-electron chi connectivity index (χ1n) is 5.22. The van der Waals surface area contributed by atoms with Crippen LogP contribution in [-0.4, -0.2) is 9.97 Å². The Hall–Kier alpha value is -1.13. The Bertz CT molecular complexity index is 514. The standard InChI is InChI=1S/C12H11BrClN3/c1-2-10-11(14)15-7-16-12(10)17-9-5-3-8(13)4-6-9/h3-7H,2H2,1H3,(H,15,16,17). The van der Waals surface area contributed by atoms with Gasteiger partial charge < -0.3 is 5.32 Å². The molecule has 1 aromatic carbocycles. The van der Waals surface area contributed by atoms with Crippen LogP contribution in [0.1, 0.15) is 12.5 Å². The van der Waals surface area contributed by atoms with Gasteiger partial charge in [0.05, 0.1) is 0 Å². The molecule has 0 radical (unpaired) electrons. The molecule has 0 spiro atoms. The number of hydrogen-bond donors (Lipinski definition) is 1. The van der Waals surface area contributed by atoms with Gasteiger partial charge in [0, 0.05) is 15.7 Å². The lowest BCUT2D eigenvalue weighted by Gasteiger charge is -2.10. The molecule has 1 N–H and O–H groups in total. The van der Waals surface area contributed by atoms with Gasteiger partial charge in [0.25, 0.3) is 0 Å². The fourth-order valence-electron chi connectivity index (χ4n) is 1.48. The highest BCUT2D eigenvalue weighted by molar-refractivity contribution is 9.10. The Kier molecular flexibility index (Phi) is 3.97. The number of benzene rings is 1. The van der Waals surface area contributed by atoms with Gasteiger partial charge in [0.1, 0.15) is 17.3 Å². The first-order valence-corrected chi connectivity index (χ1v) is 6.39. The summed E-state index contributed by atoms with van der Waals surface area (Å²) in [6.45, 7) is 2.03. The average molecular weight is 313 g/mol. The van der Waals surface area contributed by atoms with E-state index in [1.807, 2.05) is 31.2 Å². The van der Waals surface area contributed by atoms with Gasteiger partial charge in [0.15, 0.2) is 0 Å². The smallest absolute Gasteiger partial charge is 0.138 e. The molecule has 1 heterocycles. The minimum Gasteiger partial charge on any atom is -0.340 e. The molecule has 0 aliphatic carbocycles. The van der Waals surface area contributed by atoms with Crippen LogP contribution in [0.4, 0.5) is 11.5 Å². The van der Waals surface area contributed by atoms with E-state index in [4.69, 9.17) is 11.6 Å². The maximum Gasteiger partial charge on any atom is 0.138 e. The fraction of sp³-hybridized carbons (Fsp3) is 0.167. The van der Waals surface area contributed by atoms with Crippen LogP contribution in [0.3, 0.4) is 0 Å². The number of nitrogens with zero attached hydrogens (tertiary/aromatic N) is 2. The van der Waals surface area contributed by atoms with Gasteiger partial charge in [-0.05, 0) is 30.7 Å². The summed E-state index contributed by atoms with van der Waals surface area (Å²) in [7, 11) is 0. The van der Waals surface area contributed by atoms with E-state index in [0.29, 0.717) is 5.15 Å². The van der Waals surface area contributed by atoms with Crippen molar-refractivity contribution in [3.8, 4) is 0 Å². The van der Waals surface area contributed by atoms with Gasteiger partial charge in [-0.15, -0.1) is 0 Å². The third-order valence-corrected chi connectivity index (χ3v) is 3.21. The lowest BCUT2D eigenvalue weighted by atomic mass is 10.2. The van der Waals surface area contributed by atoms with Crippen molar-refractivity contribution in [2.75, 3.05) is 5.32 Å². The Morgan fingerprint density at radius 1 is 1.24 bits per heavy atom. The van der Waals surface area contributed by atoms with E-state index in [0.717, 1.165) is 28.0 Å². The van der Waals surface area contributed by atoms with E-state index in [1.54, 1.807) is 0 Å². The van der Waals surface area contributed by atoms with Crippen LogP contribution in [0, 0.1) is 0 Å². The van der Waals surface area contributed by atoms with Gasteiger partial charge in [-0.1, -0.05) is 34.5 Å². The van der Waals surface area contributed by atoms with Crippen LogP contribution < -0.4 is 5.32 Å². The van der Waals surface area contributed by atoms with Crippen molar-refractivity contribution in [1.29, 1.82) is 0 Å². The Labute approximate surface area is 113 Å². The second kappa shape index (κ2) is 5.47. The number of hydrogen-bond acceptors (Lipinski definition) is 3. The summed E-state index contributed by atoms with van der Waals surface area (Å²) in [6, 6.07) is 7.88. The molecule has 0 fully saturated rings. The van der Waals surface area contributed by atoms with Crippen LogP contribution in [0.25, 0.3) is 0 Å². The Morgan fingerprint density at radius 2 is 1.94 bits per heavy atom. The van der Waals surface area contributed by atoms with Crippen molar-refractivity contribution < 1.29 is 0 Å². The van der Waals surface area contributed by atoms with E-state index in [2.05, 4.69) is 31.2 Å². The molecule has 2 rings (SSSR count). The predicted molar refractivity (Wildman–Crippen MR) is 73.8 cm³/mol. The van der Waals surface area contributed by atoms with Gasteiger partial charge in [-0.25, -0.2) is 9.97 Å². The Balaban J connectivity index is 2.29. The number of aromatic nitrogens is 2. The zero-order chi connectivity index (χ0) is 12.3. The summed E-state index contributed by atoms with van der Waals surface area (Å²) in [5.41, 5.74) is 1.90. The quantitative estimate of drug-likeness (QED) is 0.863. The zero-order valence-electron chi connectivity index (χ0n) is 9.24. The average Bonchev–Trinajstić information content (AvgIpc) is 2.32. The van der Waals surface area contributed by atoms with E-state index in [-0.39, 0.29) is 0 Å². The minimum absolute atomic E-state index is 0.502. The van der Waals surface area contributed by atoms with Gasteiger partial charge in [-0.3, -0.25) is 0 Å². The lowest BCUT2D eigenvalue weighted by Crippen LogP contribution is -2.00. The summed E-state index contributed by atoms with van der Waals surface area (Å²) in [6.07, 6.45) is 2.25. The van der Waals surface area contributed by atoms with Crippen molar-refractivity contribution in [2.24, 2.45) is 0 Å². The van der Waals surface area contributed by atoms with Crippen LogP contribution in [0.2, 0.25) is 5.15 Å². The second-order valence-corrected chi connectivity index (χ2v) is 4.75. The number of halogens is 2. The monoisotopic (exact) mass is 311 g/mol. The van der Waals surface area contributed by atoms with Gasteiger partial charge in [-0.2, -0.15) is 0 Å². The largest absolute Gasteiger partial charge is 0.340 e. The van der Waals surface area contributed by atoms with Gasteiger partial charge in [0.2, 0.25) is 0 Å². The van der Waals surface area contributed by atoms with Crippen LogP contribution in [0.15, 0.2) is 35.1 Å². The maximum atomic E-state index is 6.02. The van der Waals surface area contributed by atoms with Crippen molar-refractivity contribution >= 4 is 39.0 Å². The maximum absolute atomic E-state index is 6.02. The molecular weight excluding hydrogens is 302 g/mol. The molecular formula is C12H11BrClN3. The summed E-state index contributed by atoms with van der Waals surface area (Å²) >= 11 is 9.42. The molecule has 17 heavy (non-hydrogen) atoms. The van der Waals surface area contributed by atoms with Crippen molar-refractivity contribution in [3.63, 3.8) is 0 Å². The molecule has 3 nitrogen and oxygen atoms in total. The summed E-state index contributed by atoms with van der Waals surface area (Å²) in [4.78, 5) is 8.18. The molecule has 0 atom stereocenters. The first kappa shape index (κ1) is 12.3. The molecule has 88 valence electrons. The summed E-state index contributed by atoms with van der Waals surface area (Å²) in [5, 5.41) is 3.74. The molecule has 0 bridgehead atoms. The molecule has 2 aromatic rings. The number of rotatable bonds is 3. The normalized spacial score (nSPS) is 10.3. The highest BCUT2D eigenvalue weighted by Gasteiger charge is 2.07. The SMILES string of the molecule is CCc1c(Cl)ncnc1Nc1ccc(Br)cc1. The number of anilines is 2. The van der Waals surface area contributed by atoms with Crippen molar-refractivity contribution in [3.05, 3.63) is 45.8 Å². The minimum atomic E-state index is 0.502. The topological polar surface area (TPSA) is 37.8 Å². The summed E-state index contributed by atoms with van der Waals surface area (Å²) < 4.78 is 1.04. The first-order chi connectivity index (χ1) is 8.20. The third-order valence-electron chi connectivity index (χ3n) is 2.35. The molecule has 0 saturated heterocycles. The Morgan fingerprint density at radius 3 is 2.59 bits per heavy atom. The fourth-order valence-corrected chi connectivity index (χ4v) is 2.01. The van der Waals surface area contributed by atoms with E-state index >= 15 is 0 Å². The molecule has 5 heteroatoms. The van der Waals surface area contributed by atoms with Gasteiger partial charge >= 0.3 is 0 Å². The van der Waals surface area contributed by atoms with Crippen LogP contribution >= 0.6 is 27.5 Å². The van der Waals surface area contributed by atoms with E-state index in [9.17, 15) is 0 Å². The lowest BCUT2D eigenvalue weighted by molar-refractivity contribution is 1.05. The van der Waals surface area contributed by atoms with Crippen LogP contribution in [-0.2, 0) is 6.42 Å². The zero-order valence-corrected chi connectivity index (χ0v) is 11.6. The molecule has 0 aliphatic rings. The molecule has 0 aliphatic heterocycles. The third kappa shape index (κ3) is 2.96. The highest BCUT2D eigenvalue weighted by Crippen LogP contribution is 2.24. The molecule has 1 aromatic heterocycles. The molecule has 0 amide bonds. The van der Waals surface area contributed by atoms with Crippen molar-refractivity contribution in [2.45, 2.75) is 13.3 Å². The number of nitrogens with one attached hydrogen (secondary N) is 1. The molecule has 0 saturated carbocycles. The highest BCUT2D eigenvalue weighted by atomic mass is 79.9.